The zero-order chi connectivity index (χ0) is 15.8. The van der Waals surface area contributed by atoms with Crippen LogP contribution in [0.2, 0.25) is 0 Å². The van der Waals surface area contributed by atoms with E-state index in [0.717, 1.165) is 32.6 Å². The summed E-state index contributed by atoms with van der Waals surface area (Å²) in [6.45, 7) is 8.68. The number of likely N-dealkylation sites (N-methyl/N-ethyl adjacent to an activating group) is 1. The number of fused-ring (bicyclic) bond motifs is 1. The summed E-state index contributed by atoms with van der Waals surface area (Å²) in [5.74, 6) is 0.457. The number of urea groups is 1. The molecule has 0 fully saturated rings. The monoisotopic (exact) mass is 303 g/mol. The van der Waals surface area contributed by atoms with Gasteiger partial charge in [-0.1, -0.05) is 38.1 Å². The molecule has 1 aromatic carbocycles. The maximum atomic E-state index is 11.9. The van der Waals surface area contributed by atoms with Crippen LogP contribution in [0.1, 0.15) is 43.7 Å². The van der Waals surface area contributed by atoms with E-state index in [9.17, 15) is 4.79 Å². The lowest BCUT2D eigenvalue weighted by Gasteiger charge is -2.25. The van der Waals surface area contributed by atoms with Crippen LogP contribution in [0.4, 0.5) is 4.79 Å². The Kier molecular flexibility index (Phi) is 6.72. The van der Waals surface area contributed by atoms with Gasteiger partial charge in [0.25, 0.3) is 0 Å². The van der Waals surface area contributed by atoms with Crippen molar-refractivity contribution in [3.63, 3.8) is 0 Å². The topological polar surface area (TPSA) is 44.4 Å². The van der Waals surface area contributed by atoms with Crippen molar-refractivity contribution >= 4 is 6.03 Å². The first-order valence-corrected chi connectivity index (χ1v) is 8.56. The van der Waals surface area contributed by atoms with Gasteiger partial charge < -0.3 is 15.5 Å². The van der Waals surface area contributed by atoms with Gasteiger partial charge in [0, 0.05) is 25.6 Å². The Labute approximate surface area is 134 Å². The van der Waals surface area contributed by atoms with Crippen molar-refractivity contribution in [2.75, 3.05) is 32.7 Å². The number of nitrogens with zero attached hydrogens (tertiary/aromatic N) is 1. The number of carbonyl (C=O) groups is 1. The van der Waals surface area contributed by atoms with Crippen LogP contribution in [0.25, 0.3) is 0 Å². The van der Waals surface area contributed by atoms with Crippen LogP contribution in [0, 0.1) is 0 Å². The van der Waals surface area contributed by atoms with Crippen LogP contribution >= 0.6 is 0 Å². The molecule has 1 atom stereocenters. The minimum absolute atomic E-state index is 0.0461. The quantitative estimate of drug-likeness (QED) is 0.813. The van der Waals surface area contributed by atoms with Gasteiger partial charge in [0.15, 0.2) is 0 Å². The highest BCUT2D eigenvalue weighted by Crippen LogP contribution is 2.30. The molecule has 0 heterocycles. The van der Waals surface area contributed by atoms with Crippen molar-refractivity contribution in [3.8, 4) is 0 Å². The third-order valence-corrected chi connectivity index (χ3v) is 4.61. The molecule has 1 aliphatic rings. The zero-order valence-corrected chi connectivity index (χ0v) is 13.9. The lowest BCUT2D eigenvalue weighted by Crippen LogP contribution is -2.41. The van der Waals surface area contributed by atoms with Gasteiger partial charge in [-0.05, 0) is 43.5 Å². The normalized spacial score (nSPS) is 17.1. The highest BCUT2D eigenvalue weighted by molar-refractivity contribution is 5.73. The summed E-state index contributed by atoms with van der Waals surface area (Å²) in [4.78, 5) is 14.2. The molecule has 0 aliphatic heterocycles. The van der Waals surface area contributed by atoms with Crippen molar-refractivity contribution in [2.24, 2.45) is 0 Å². The van der Waals surface area contributed by atoms with Gasteiger partial charge in [-0.15, -0.1) is 0 Å². The Morgan fingerprint density at radius 1 is 1.23 bits per heavy atom. The van der Waals surface area contributed by atoms with E-state index in [1.807, 2.05) is 0 Å². The van der Waals surface area contributed by atoms with E-state index in [2.05, 4.69) is 53.6 Å². The molecule has 122 valence electrons. The minimum atomic E-state index is -0.0461. The number of benzene rings is 1. The molecule has 0 bridgehead atoms. The summed E-state index contributed by atoms with van der Waals surface area (Å²) >= 11 is 0. The van der Waals surface area contributed by atoms with Gasteiger partial charge in [-0.2, -0.15) is 0 Å². The average molecular weight is 303 g/mol. The van der Waals surface area contributed by atoms with E-state index < -0.39 is 0 Å². The second-order valence-corrected chi connectivity index (χ2v) is 5.95. The van der Waals surface area contributed by atoms with Crippen LogP contribution in [0.15, 0.2) is 24.3 Å². The second kappa shape index (κ2) is 8.79. The number of rotatable bonds is 7. The van der Waals surface area contributed by atoms with Crippen LogP contribution in [0.5, 0.6) is 0 Å². The molecule has 1 aliphatic carbocycles. The fraction of sp³-hybridized carbons (Fsp3) is 0.611. The van der Waals surface area contributed by atoms with Crippen LogP contribution in [0.3, 0.4) is 0 Å². The fourth-order valence-corrected chi connectivity index (χ4v) is 3.21. The summed E-state index contributed by atoms with van der Waals surface area (Å²) in [6.07, 6.45) is 3.55. The SMILES string of the molecule is CCN(CC)CCNC(=O)NCC1CCCc2ccccc21. The van der Waals surface area contributed by atoms with Gasteiger partial charge in [-0.3, -0.25) is 0 Å². The second-order valence-electron chi connectivity index (χ2n) is 5.95. The number of carbonyl (C=O) groups excluding carboxylic acids is 1. The fourth-order valence-electron chi connectivity index (χ4n) is 3.21. The predicted molar refractivity (Wildman–Crippen MR) is 91.3 cm³/mol. The van der Waals surface area contributed by atoms with Crippen molar-refractivity contribution < 1.29 is 4.79 Å². The third-order valence-electron chi connectivity index (χ3n) is 4.61. The van der Waals surface area contributed by atoms with Gasteiger partial charge in [-0.25, -0.2) is 4.79 Å². The lowest BCUT2D eigenvalue weighted by molar-refractivity contribution is 0.236. The van der Waals surface area contributed by atoms with Gasteiger partial charge in [0.1, 0.15) is 0 Å². The molecule has 4 heteroatoms. The summed E-state index contributed by atoms with van der Waals surface area (Å²) < 4.78 is 0. The summed E-state index contributed by atoms with van der Waals surface area (Å²) in [7, 11) is 0. The number of amides is 2. The van der Waals surface area contributed by atoms with E-state index >= 15 is 0 Å². The molecule has 0 saturated heterocycles. The average Bonchev–Trinajstić information content (AvgIpc) is 2.57. The van der Waals surface area contributed by atoms with Crippen molar-refractivity contribution in [1.82, 2.24) is 15.5 Å². The Hall–Kier alpha value is -1.55. The van der Waals surface area contributed by atoms with E-state index in [-0.39, 0.29) is 6.03 Å². The Balaban J connectivity index is 1.73. The lowest BCUT2D eigenvalue weighted by atomic mass is 9.83. The molecular weight excluding hydrogens is 274 g/mol. The molecule has 0 aromatic heterocycles. The van der Waals surface area contributed by atoms with Crippen LogP contribution in [-0.4, -0.2) is 43.7 Å². The molecular formula is C18H29N3O. The van der Waals surface area contributed by atoms with Crippen molar-refractivity contribution in [3.05, 3.63) is 35.4 Å². The molecule has 0 saturated carbocycles. The highest BCUT2D eigenvalue weighted by atomic mass is 16.2. The minimum Gasteiger partial charge on any atom is -0.338 e. The van der Waals surface area contributed by atoms with Gasteiger partial charge >= 0.3 is 6.03 Å². The van der Waals surface area contributed by atoms with E-state index in [1.165, 1.54) is 24.0 Å². The van der Waals surface area contributed by atoms with Crippen LogP contribution in [-0.2, 0) is 6.42 Å². The summed E-state index contributed by atoms with van der Waals surface area (Å²) in [5, 5.41) is 5.99. The van der Waals surface area contributed by atoms with E-state index in [0.29, 0.717) is 12.5 Å². The maximum Gasteiger partial charge on any atom is 0.314 e. The Bertz CT molecular complexity index is 471. The molecule has 1 aromatic rings. The first-order valence-electron chi connectivity index (χ1n) is 8.56. The van der Waals surface area contributed by atoms with Crippen LogP contribution < -0.4 is 10.6 Å². The third kappa shape index (κ3) is 4.73. The molecule has 0 spiro atoms. The number of aryl methyl sites for hydroxylation is 1. The van der Waals surface area contributed by atoms with Gasteiger partial charge in [0.2, 0.25) is 0 Å². The van der Waals surface area contributed by atoms with E-state index in [4.69, 9.17) is 0 Å². The number of hydrogen-bond donors (Lipinski definition) is 2. The Morgan fingerprint density at radius 3 is 2.77 bits per heavy atom. The maximum absolute atomic E-state index is 11.9. The number of nitrogens with one attached hydrogen (secondary N) is 2. The standard InChI is InChI=1S/C18H29N3O/c1-3-21(4-2)13-12-19-18(22)20-14-16-10-7-9-15-8-5-6-11-17(15)16/h5-6,8,11,16H,3-4,7,9-10,12-14H2,1-2H3,(H2,19,20,22). The Morgan fingerprint density at radius 2 is 2.00 bits per heavy atom. The molecule has 1 unspecified atom stereocenters. The van der Waals surface area contributed by atoms with E-state index in [1.54, 1.807) is 0 Å². The smallest absolute Gasteiger partial charge is 0.314 e. The first kappa shape index (κ1) is 16.8. The van der Waals surface area contributed by atoms with Crippen molar-refractivity contribution in [2.45, 2.75) is 39.0 Å². The molecule has 2 rings (SSSR count). The molecule has 2 N–H and O–H groups in total. The molecule has 4 nitrogen and oxygen atoms in total. The first-order chi connectivity index (χ1) is 10.7. The molecule has 0 radical (unpaired) electrons. The largest absolute Gasteiger partial charge is 0.338 e. The summed E-state index contributed by atoms with van der Waals surface area (Å²) in [6, 6.07) is 8.58. The zero-order valence-electron chi connectivity index (χ0n) is 13.9. The molecule has 2 amide bonds. The highest BCUT2D eigenvalue weighted by Gasteiger charge is 2.19. The van der Waals surface area contributed by atoms with Gasteiger partial charge in [0.05, 0.1) is 0 Å². The number of hydrogen-bond acceptors (Lipinski definition) is 2. The van der Waals surface area contributed by atoms with Crippen molar-refractivity contribution in [1.29, 1.82) is 0 Å². The summed E-state index contributed by atoms with van der Waals surface area (Å²) in [5.41, 5.74) is 2.86. The molecule has 22 heavy (non-hydrogen) atoms. The predicted octanol–water partition coefficient (Wildman–Crippen LogP) is 2.75.